The van der Waals surface area contributed by atoms with Gasteiger partial charge in [0.25, 0.3) is 0 Å². The molecule has 20 heavy (non-hydrogen) atoms. The molecule has 0 spiro atoms. The first kappa shape index (κ1) is 12.7. The summed E-state index contributed by atoms with van der Waals surface area (Å²) in [7, 11) is 1.94. The van der Waals surface area contributed by atoms with Gasteiger partial charge in [-0.25, -0.2) is 4.79 Å². The van der Waals surface area contributed by atoms with Gasteiger partial charge in [-0.3, -0.25) is 4.98 Å². The van der Waals surface area contributed by atoms with Crippen molar-refractivity contribution in [1.82, 2.24) is 10.3 Å². The Bertz CT molecular complexity index is 759. The van der Waals surface area contributed by atoms with Gasteiger partial charge in [0.15, 0.2) is 5.58 Å². The van der Waals surface area contributed by atoms with Gasteiger partial charge < -0.3 is 9.73 Å². The highest BCUT2D eigenvalue weighted by molar-refractivity contribution is 5.72. The highest BCUT2D eigenvalue weighted by atomic mass is 16.4. The van der Waals surface area contributed by atoms with Crippen LogP contribution in [0.5, 0.6) is 0 Å². The van der Waals surface area contributed by atoms with E-state index in [9.17, 15) is 4.79 Å². The molecule has 0 saturated carbocycles. The normalized spacial score (nSPS) is 12.7. The molecule has 1 atom stereocenters. The molecule has 1 unspecified atom stereocenters. The molecule has 0 aliphatic carbocycles. The maximum absolute atomic E-state index is 11.2. The van der Waals surface area contributed by atoms with Gasteiger partial charge in [-0.15, -0.1) is 0 Å². The SMILES string of the molecule is CNC(Cc1ccccc1)c1ccc2[nH]c(=O)oc2c1. The Hall–Kier alpha value is -2.33. The minimum atomic E-state index is -0.416. The molecule has 1 aromatic heterocycles. The lowest BCUT2D eigenvalue weighted by molar-refractivity contribution is 0.551. The summed E-state index contributed by atoms with van der Waals surface area (Å²) < 4.78 is 5.11. The Morgan fingerprint density at radius 2 is 2.00 bits per heavy atom. The number of hydrogen-bond donors (Lipinski definition) is 2. The molecule has 102 valence electrons. The lowest BCUT2D eigenvalue weighted by Crippen LogP contribution is -2.18. The first-order valence-corrected chi connectivity index (χ1v) is 6.60. The van der Waals surface area contributed by atoms with Crippen LogP contribution >= 0.6 is 0 Å². The minimum absolute atomic E-state index is 0.182. The van der Waals surface area contributed by atoms with Crippen LogP contribution in [0.2, 0.25) is 0 Å². The number of likely N-dealkylation sites (N-methyl/N-ethyl adjacent to an activating group) is 1. The zero-order chi connectivity index (χ0) is 13.9. The van der Waals surface area contributed by atoms with Crippen molar-refractivity contribution >= 4 is 11.1 Å². The summed E-state index contributed by atoms with van der Waals surface area (Å²) in [6, 6.07) is 16.3. The number of rotatable bonds is 4. The standard InChI is InChI=1S/C16H16N2O2/c1-17-14(9-11-5-3-2-4-6-11)12-7-8-13-15(10-12)20-16(19)18-13/h2-8,10,14,17H,9H2,1H3,(H,18,19). The van der Waals surface area contributed by atoms with Crippen molar-refractivity contribution < 1.29 is 4.42 Å². The number of nitrogens with one attached hydrogen (secondary N) is 2. The van der Waals surface area contributed by atoms with Gasteiger partial charge in [0.1, 0.15) is 0 Å². The number of H-pyrrole nitrogens is 1. The van der Waals surface area contributed by atoms with E-state index in [0.29, 0.717) is 5.58 Å². The van der Waals surface area contributed by atoms with Gasteiger partial charge in [-0.1, -0.05) is 36.4 Å². The van der Waals surface area contributed by atoms with Crippen LogP contribution < -0.4 is 11.1 Å². The van der Waals surface area contributed by atoms with Gasteiger partial charge in [0.05, 0.1) is 5.52 Å². The Morgan fingerprint density at radius 1 is 1.20 bits per heavy atom. The summed E-state index contributed by atoms with van der Waals surface area (Å²) in [6.07, 6.45) is 0.886. The number of hydrogen-bond acceptors (Lipinski definition) is 3. The van der Waals surface area contributed by atoms with Crippen molar-refractivity contribution in [1.29, 1.82) is 0 Å². The van der Waals surface area contributed by atoms with E-state index in [2.05, 4.69) is 22.4 Å². The van der Waals surface area contributed by atoms with Crippen molar-refractivity contribution in [2.45, 2.75) is 12.5 Å². The van der Waals surface area contributed by atoms with Crippen LogP contribution in [0, 0.1) is 0 Å². The van der Waals surface area contributed by atoms with Gasteiger partial charge in [0.2, 0.25) is 0 Å². The van der Waals surface area contributed by atoms with E-state index in [0.717, 1.165) is 17.5 Å². The molecule has 2 N–H and O–H groups in total. The predicted octanol–water partition coefficient (Wildman–Crippen LogP) is 2.62. The summed E-state index contributed by atoms with van der Waals surface area (Å²) in [5.74, 6) is -0.416. The van der Waals surface area contributed by atoms with Crippen LogP contribution in [0.4, 0.5) is 0 Å². The van der Waals surface area contributed by atoms with Gasteiger partial charge in [-0.05, 0) is 36.7 Å². The Balaban J connectivity index is 1.92. The summed E-state index contributed by atoms with van der Waals surface area (Å²) in [5.41, 5.74) is 3.70. The quantitative estimate of drug-likeness (QED) is 0.764. The second kappa shape index (κ2) is 5.35. The maximum Gasteiger partial charge on any atom is 0.417 e. The van der Waals surface area contributed by atoms with Crippen molar-refractivity contribution in [3.63, 3.8) is 0 Å². The Morgan fingerprint density at radius 3 is 2.75 bits per heavy atom. The lowest BCUT2D eigenvalue weighted by atomic mass is 9.99. The summed E-state index contributed by atoms with van der Waals surface area (Å²) in [6.45, 7) is 0. The van der Waals surface area contributed by atoms with E-state index in [1.54, 1.807) is 0 Å². The van der Waals surface area contributed by atoms with Crippen LogP contribution in [0.15, 0.2) is 57.7 Å². The molecule has 4 heteroatoms. The number of aromatic nitrogens is 1. The van der Waals surface area contributed by atoms with Crippen molar-refractivity contribution in [3.05, 3.63) is 70.2 Å². The highest BCUT2D eigenvalue weighted by Gasteiger charge is 2.12. The Kier molecular flexibility index (Phi) is 3.39. The lowest BCUT2D eigenvalue weighted by Gasteiger charge is -2.16. The fourth-order valence-electron chi connectivity index (χ4n) is 2.42. The molecule has 3 rings (SSSR count). The molecule has 0 aliphatic heterocycles. The molecule has 0 aliphatic rings. The largest absolute Gasteiger partial charge is 0.417 e. The smallest absolute Gasteiger partial charge is 0.408 e. The molecule has 0 saturated heterocycles. The van der Waals surface area contributed by atoms with E-state index in [4.69, 9.17) is 4.42 Å². The molecule has 0 fully saturated rings. The van der Waals surface area contributed by atoms with Gasteiger partial charge in [0, 0.05) is 6.04 Å². The molecule has 3 aromatic rings. The Labute approximate surface area is 116 Å². The zero-order valence-electron chi connectivity index (χ0n) is 11.2. The van der Waals surface area contributed by atoms with E-state index in [1.165, 1.54) is 5.56 Å². The highest BCUT2D eigenvalue weighted by Crippen LogP contribution is 2.21. The number of aromatic amines is 1. The number of fused-ring (bicyclic) bond motifs is 1. The average molecular weight is 268 g/mol. The molecule has 1 heterocycles. The molecule has 0 radical (unpaired) electrons. The average Bonchev–Trinajstić information content (AvgIpc) is 2.85. The summed E-state index contributed by atoms with van der Waals surface area (Å²) >= 11 is 0. The van der Waals surface area contributed by atoms with Crippen LogP contribution in [-0.2, 0) is 6.42 Å². The van der Waals surface area contributed by atoms with Gasteiger partial charge >= 0.3 is 5.76 Å². The number of benzene rings is 2. The third-order valence-corrected chi connectivity index (χ3v) is 3.48. The molecule has 4 nitrogen and oxygen atoms in total. The molecule has 2 aromatic carbocycles. The first-order valence-electron chi connectivity index (χ1n) is 6.60. The zero-order valence-corrected chi connectivity index (χ0v) is 11.2. The number of oxazole rings is 1. The van der Waals surface area contributed by atoms with Crippen LogP contribution in [-0.4, -0.2) is 12.0 Å². The van der Waals surface area contributed by atoms with E-state index in [-0.39, 0.29) is 6.04 Å². The second-order valence-electron chi connectivity index (χ2n) is 4.80. The minimum Gasteiger partial charge on any atom is -0.408 e. The predicted molar refractivity (Wildman–Crippen MR) is 78.8 cm³/mol. The first-order chi connectivity index (χ1) is 9.76. The fourth-order valence-corrected chi connectivity index (χ4v) is 2.42. The van der Waals surface area contributed by atoms with Crippen LogP contribution in [0.3, 0.4) is 0 Å². The topological polar surface area (TPSA) is 58.0 Å². The van der Waals surface area contributed by atoms with E-state index < -0.39 is 5.76 Å². The second-order valence-corrected chi connectivity index (χ2v) is 4.80. The third-order valence-electron chi connectivity index (χ3n) is 3.48. The van der Waals surface area contributed by atoms with Crippen LogP contribution in [0.25, 0.3) is 11.1 Å². The van der Waals surface area contributed by atoms with Crippen molar-refractivity contribution in [2.24, 2.45) is 0 Å². The summed E-state index contributed by atoms with van der Waals surface area (Å²) in [5, 5.41) is 3.31. The van der Waals surface area contributed by atoms with Gasteiger partial charge in [-0.2, -0.15) is 0 Å². The molecule has 0 amide bonds. The fraction of sp³-hybridized carbons (Fsp3) is 0.188. The van der Waals surface area contributed by atoms with E-state index in [1.807, 2.05) is 43.4 Å². The van der Waals surface area contributed by atoms with Crippen LogP contribution in [0.1, 0.15) is 17.2 Å². The maximum atomic E-state index is 11.2. The summed E-state index contributed by atoms with van der Waals surface area (Å²) in [4.78, 5) is 13.8. The van der Waals surface area contributed by atoms with Crippen molar-refractivity contribution in [2.75, 3.05) is 7.05 Å². The molecular formula is C16H16N2O2. The monoisotopic (exact) mass is 268 g/mol. The van der Waals surface area contributed by atoms with E-state index >= 15 is 0 Å². The van der Waals surface area contributed by atoms with Crippen molar-refractivity contribution in [3.8, 4) is 0 Å². The molecular weight excluding hydrogens is 252 g/mol. The third kappa shape index (κ3) is 2.51. The molecule has 0 bridgehead atoms.